The van der Waals surface area contributed by atoms with Gasteiger partial charge >= 0.3 is 5.97 Å². The maximum Gasteiger partial charge on any atom is 0.320 e. The van der Waals surface area contributed by atoms with Crippen LogP contribution in [0.3, 0.4) is 0 Å². The maximum atomic E-state index is 9.96. The van der Waals surface area contributed by atoms with Crippen molar-refractivity contribution in [2.24, 2.45) is 5.73 Å². The molecule has 0 heterocycles. The molecule has 0 amide bonds. The molecule has 1 atom stereocenters. The van der Waals surface area contributed by atoms with Crippen LogP contribution in [0, 0.1) is 0 Å². The first-order valence-corrected chi connectivity index (χ1v) is 2.60. The molecule has 9 heavy (non-hydrogen) atoms. The number of carbonyl (C=O) groups excluding carboxylic acids is 1. The van der Waals surface area contributed by atoms with E-state index in [-0.39, 0.29) is 12.8 Å². The van der Waals surface area contributed by atoms with Crippen molar-refractivity contribution >= 4 is 12.3 Å². The maximum absolute atomic E-state index is 9.96. The molecular weight excluding hydrogens is 122 g/mol. The standard InChI is InChI=1S/C5H9NO3/c6-4(5(8)9)2-1-3-7/h3-4H,1-2,6H2,(H,8,9)/t4-/m1/s1. The van der Waals surface area contributed by atoms with Crippen LogP contribution in [0.1, 0.15) is 12.8 Å². The van der Waals surface area contributed by atoms with Gasteiger partial charge < -0.3 is 15.6 Å². The number of carboxylic acid groups (broad SMARTS) is 1. The first-order valence-electron chi connectivity index (χ1n) is 2.60. The van der Waals surface area contributed by atoms with Crippen molar-refractivity contribution in [3.05, 3.63) is 0 Å². The molecule has 0 rings (SSSR count). The molecule has 0 aliphatic carbocycles. The zero-order valence-corrected chi connectivity index (χ0v) is 4.91. The molecule has 0 unspecified atom stereocenters. The lowest BCUT2D eigenvalue weighted by molar-refractivity contribution is -0.138. The van der Waals surface area contributed by atoms with E-state index in [1.165, 1.54) is 0 Å². The van der Waals surface area contributed by atoms with Gasteiger partial charge in [-0.1, -0.05) is 0 Å². The second-order valence-corrected chi connectivity index (χ2v) is 1.69. The highest BCUT2D eigenvalue weighted by atomic mass is 16.4. The van der Waals surface area contributed by atoms with Crippen molar-refractivity contribution in [2.45, 2.75) is 18.9 Å². The number of nitrogens with two attached hydrogens (primary N) is 1. The van der Waals surface area contributed by atoms with Gasteiger partial charge in [-0.25, -0.2) is 0 Å². The number of aldehydes is 1. The molecule has 0 aromatic carbocycles. The number of hydrogen-bond donors (Lipinski definition) is 2. The van der Waals surface area contributed by atoms with E-state index in [1.807, 2.05) is 0 Å². The zero-order chi connectivity index (χ0) is 7.28. The average molecular weight is 131 g/mol. The van der Waals surface area contributed by atoms with E-state index in [9.17, 15) is 9.59 Å². The molecule has 0 aliphatic rings. The summed E-state index contributed by atoms with van der Waals surface area (Å²) in [5, 5.41) is 8.17. The molecule has 0 aliphatic heterocycles. The summed E-state index contributed by atoms with van der Waals surface area (Å²) in [7, 11) is 0. The molecule has 0 fully saturated rings. The summed E-state index contributed by atoms with van der Waals surface area (Å²) in [6, 6.07) is -0.893. The predicted molar refractivity (Wildman–Crippen MR) is 30.9 cm³/mol. The number of aliphatic carboxylic acids is 1. The van der Waals surface area contributed by atoms with Gasteiger partial charge in [0.25, 0.3) is 0 Å². The second-order valence-electron chi connectivity index (χ2n) is 1.69. The van der Waals surface area contributed by atoms with E-state index in [2.05, 4.69) is 0 Å². The minimum Gasteiger partial charge on any atom is -0.480 e. The van der Waals surface area contributed by atoms with Gasteiger partial charge in [0.2, 0.25) is 0 Å². The zero-order valence-electron chi connectivity index (χ0n) is 4.91. The lowest BCUT2D eigenvalue weighted by Crippen LogP contribution is -2.29. The van der Waals surface area contributed by atoms with Crippen LogP contribution >= 0.6 is 0 Å². The monoisotopic (exact) mass is 131 g/mol. The third-order valence-corrected chi connectivity index (χ3v) is 0.913. The van der Waals surface area contributed by atoms with Gasteiger partial charge in [-0.2, -0.15) is 0 Å². The number of hydrogen-bond acceptors (Lipinski definition) is 3. The Morgan fingerprint density at radius 3 is 2.67 bits per heavy atom. The Labute approximate surface area is 52.7 Å². The molecule has 4 nitrogen and oxygen atoms in total. The molecule has 3 N–H and O–H groups in total. The lowest BCUT2D eigenvalue weighted by atomic mass is 10.2. The number of carboxylic acids is 1. The number of carbonyl (C=O) groups is 2. The van der Waals surface area contributed by atoms with Crippen LogP contribution in [-0.4, -0.2) is 23.4 Å². The first-order chi connectivity index (χ1) is 4.18. The molecule has 0 spiro atoms. The van der Waals surface area contributed by atoms with Crippen LogP contribution < -0.4 is 5.73 Å². The molecule has 0 aromatic rings. The van der Waals surface area contributed by atoms with Crippen LogP contribution in [0.4, 0.5) is 0 Å². The van der Waals surface area contributed by atoms with E-state index < -0.39 is 12.0 Å². The highest BCUT2D eigenvalue weighted by Gasteiger charge is 2.08. The van der Waals surface area contributed by atoms with Crippen molar-refractivity contribution in [2.75, 3.05) is 0 Å². The fourth-order valence-corrected chi connectivity index (χ4v) is 0.371. The Kier molecular flexibility index (Phi) is 3.62. The minimum atomic E-state index is -1.06. The van der Waals surface area contributed by atoms with Crippen molar-refractivity contribution in [1.29, 1.82) is 0 Å². The first kappa shape index (κ1) is 8.10. The highest BCUT2D eigenvalue weighted by Crippen LogP contribution is 1.90. The van der Waals surface area contributed by atoms with Gasteiger partial charge in [-0.05, 0) is 6.42 Å². The summed E-state index contributed by atoms with van der Waals surface area (Å²) in [6.07, 6.45) is 1.09. The molecule has 0 aromatic heterocycles. The van der Waals surface area contributed by atoms with Crippen molar-refractivity contribution < 1.29 is 14.7 Å². The van der Waals surface area contributed by atoms with Gasteiger partial charge in [0.05, 0.1) is 0 Å². The second kappa shape index (κ2) is 4.03. The van der Waals surface area contributed by atoms with Crippen molar-refractivity contribution in [3.8, 4) is 0 Å². The van der Waals surface area contributed by atoms with E-state index in [4.69, 9.17) is 10.8 Å². The lowest BCUT2D eigenvalue weighted by Gasteiger charge is -2.00. The normalized spacial score (nSPS) is 12.6. The highest BCUT2D eigenvalue weighted by molar-refractivity contribution is 5.73. The quantitative estimate of drug-likeness (QED) is 0.498. The predicted octanol–water partition coefficient (Wildman–Crippen LogP) is -0.623. The summed E-state index contributed by atoms with van der Waals surface area (Å²) < 4.78 is 0. The molecule has 0 radical (unpaired) electrons. The largest absolute Gasteiger partial charge is 0.480 e. The summed E-state index contributed by atoms with van der Waals surface area (Å²) in [5.74, 6) is -1.06. The Bertz CT molecular complexity index is 113. The number of rotatable bonds is 4. The van der Waals surface area contributed by atoms with E-state index >= 15 is 0 Å². The van der Waals surface area contributed by atoms with E-state index in [0.29, 0.717) is 6.29 Å². The van der Waals surface area contributed by atoms with Crippen LogP contribution in [0.2, 0.25) is 0 Å². The molecule has 4 heteroatoms. The van der Waals surface area contributed by atoms with Gasteiger partial charge in [0.1, 0.15) is 12.3 Å². The Hall–Kier alpha value is -0.900. The fourth-order valence-electron chi connectivity index (χ4n) is 0.371. The molecule has 52 valence electrons. The van der Waals surface area contributed by atoms with Gasteiger partial charge in [-0.15, -0.1) is 0 Å². The van der Waals surface area contributed by atoms with Crippen molar-refractivity contribution in [3.63, 3.8) is 0 Å². The Balaban J connectivity index is 3.37. The molecule has 0 bridgehead atoms. The third kappa shape index (κ3) is 3.66. The molecular formula is C5H9NO3. The Morgan fingerprint density at radius 1 is 1.78 bits per heavy atom. The van der Waals surface area contributed by atoms with Crippen LogP contribution in [-0.2, 0) is 9.59 Å². The summed E-state index contributed by atoms with van der Waals surface area (Å²) in [6.45, 7) is 0. The van der Waals surface area contributed by atoms with Crippen LogP contribution in [0.25, 0.3) is 0 Å². The summed E-state index contributed by atoms with van der Waals surface area (Å²) in [5.41, 5.74) is 5.04. The smallest absolute Gasteiger partial charge is 0.320 e. The SMILES string of the molecule is N[C@H](CCC=O)C(=O)O. The molecule has 0 saturated heterocycles. The Morgan fingerprint density at radius 2 is 2.33 bits per heavy atom. The fraction of sp³-hybridized carbons (Fsp3) is 0.600. The van der Waals surface area contributed by atoms with Crippen molar-refractivity contribution in [1.82, 2.24) is 0 Å². The van der Waals surface area contributed by atoms with Gasteiger partial charge in [-0.3, -0.25) is 4.79 Å². The van der Waals surface area contributed by atoms with Gasteiger partial charge in [0, 0.05) is 6.42 Å². The topological polar surface area (TPSA) is 80.4 Å². The average Bonchev–Trinajstić information content (AvgIpc) is 1.82. The minimum absolute atomic E-state index is 0.216. The summed E-state index contributed by atoms with van der Waals surface area (Å²) >= 11 is 0. The van der Waals surface area contributed by atoms with E-state index in [0.717, 1.165) is 0 Å². The third-order valence-electron chi connectivity index (χ3n) is 0.913. The van der Waals surface area contributed by atoms with Gasteiger partial charge in [0.15, 0.2) is 0 Å². The molecule has 0 saturated carbocycles. The van der Waals surface area contributed by atoms with E-state index in [1.54, 1.807) is 0 Å². The van der Waals surface area contributed by atoms with Crippen LogP contribution in [0.5, 0.6) is 0 Å². The van der Waals surface area contributed by atoms with Crippen LogP contribution in [0.15, 0.2) is 0 Å². The summed E-state index contributed by atoms with van der Waals surface area (Å²) in [4.78, 5) is 19.6.